The van der Waals surface area contributed by atoms with Crippen LogP contribution in [-0.4, -0.2) is 16.3 Å². The summed E-state index contributed by atoms with van der Waals surface area (Å²) in [6.45, 7) is 4.62. The van der Waals surface area contributed by atoms with Crippen LogP contribution in [0.2, 0.25) is 0 Å². The van der Waals surface area contributed by atoms with Gasteiger partial charge in [0.25, 0.3) is 0 Å². The molecule has 0 saturated heterocycles. The van der Waals surface area contributed by atoms with Crippen molar-refractivity contribution in [3.05, 3.63) is 52.9 Å². The molecule has 0 radical (unpaired) electrons. The largest absolute Gasteiger partial charge is 0.306 e. The normalized spacial score (nSPS) is 12.7. The Bertz CT molecular complexity index is 593. The summed E-state index contributed by atoms with van der Waals surface area (Å²) in [5.41, 5.74) is 1.99. The summed E-state index contributed by atoms with van der Waals surface area (Å²) in [5, 5.41) is 7.54. The van der Waals surface area contributed by atoms with Crippen LogP contribution in [0.5, 0.6) is 0 Å². The molecular weight excluding hydrogens is 260 g/mol. The van der Waals surface area contributed by atoms with E-state index >= 15 is 0 Å². The number of benzene rings is 1. The Morgan fingerprint density at radius 1 is 1.30 bits per heavy atom. The van der Waals surface area contributed by atoms with Gasteiger partial charge in [-0.05, 0) is 26.0 Å². The molecule has 3 nitrogen and oxygen atoms in total. The molecule has 0 amide bonds. The van der Waals surface area contributed by atoms with E-state index in [0.29, 0.717) is 5.56 Å². The quantitative estimate of drug-likeness (QED) is 0.911. The minimum atomic E-state index is -0.827. The number of aromatic nitrogens is 2. The molecule has 1 aromatic carbocycles. The second kappa shape index (κ2) is 6.13. The van der Waals surface area contributed by atoms with E-state index in [0.717, 1.165) is 30.3 Å². The number of nitrogens with zero attached hydrogens (tertiary/aromatic N) is 2. The molecule has 0 aliphatic carbocycles. The molecule has 1 atom stereocenters. The van der Waals surface area contributed by atoms with E-state index in [9.17, 15) is 8.78 Å². The molecular formula is C15H19F2N3. The summed E-state index contributed by atoms with van der Waals surface area (Å²) in [6.07, 6.45) is 2.75. The maximum Gasteiger partial charge on any atom is 0.163 e. The van der Waals surface area contributed by atoms with Crippen molar-refractivity contribution in [2.45, 2.75) is 26.3 Å². The Morgan fingerprint density at radius 3 is 2.65 bits per heavy atom. The lowest BCUT2D eigenvalue weighted by atomic mass is 9.98. The molecule has 2 aromatic rings. The lowest BCUT2D eigenvalue weighted by molar-refractivity contribution is 0.480. The van der Waals surface area contributed by atoms with E-state index in [1.54, 1.807) is 10.7 Å². The van der Waals surface area contributed by atoms with Crippen LogP contribution in [0.25, 0.3) is 0 Å². The Balaban J connectivity index is 2.47. The molecule has 1 aromatic heterocycles. The Hall–Kier alpha value is -1.75. The zero-order valence-corrected chi connectivity index (χ0v) is 12.0. The fourth-order valence-corrected chi connectivity index (χ4v) is 2.32. The minimum Gasteiger partial charge on any atom is -0.306 e. The molecule has 0 bridgehead atoms. The Kier molecular flexibility index (Phi) is 4.49. The smallest absolute Gasteiger partial charge is 0.163 e. The molecule has 1 heterocycles. The molecule has 0 fully saturated rings. The van der Waals surface area contributed by atoms with Crippen LogP contribution >= 0.6 is 0 Å². The first-order chi connectivity index (χ1) is 9.54. The standard InChI is InChI=1S/C15H19F2N3/c1-4-8-18-15(12-9-20(3)19-10(12)2)11-6-5-7-13(16)14(11)17/h5-7,9,15,18H,4,8H2,1-3H3. The van der Waals surface area contributed by atoms with Gasteiger partial charge in [-0.2, -0.15) is 5.10 Å². The first-order valence-electron chi connectivity index (χ1n) is 6.72. The fourth-order valence-electron chi connectivity index (χ4n) is 2.32. The lowest BCUT2D eigenvalue weighted by Gasteiger charge is -2.19. The predicted molar refractivity (Wildman–Crippen MR) is 74.4 cm³/mol. The molecule has 0 aliphatic heterocycles. The third-order valence-electron chi connectivity index (χ3n) is 3.25. The molecule has 1 unspecified atom stereocenters. The first-order valence-corrected chi connectivity index (χ1v) is 6.72. The SMILES string of the molecule is CCCNC(c1cn(C)nc1C)c1cccc(F)c1F. The van der Waals surface area contributed by atoms with Crippen LogP contribution < -0.4 is 5.32 Å². The van der Waals surface area contributed by atoms with Crippen molar-refractivity contribution in [3.8, 4) is 0 Å². The fraction of sp³-hybridized carbons (Fsp3) is 0.400. The second-order valence-electron chi connectivity index (χ2n) is 4.87. The third-order valence-corrected chi connectivity index (χ3v) is 3.25. The summed E-state index contributed by atoms with van der Waals surface area (Å²) >= 11 is 0. The van der Waals surface area contributed by atoms with Crippen molar-refractivity contribution < 1.29 is 8.78 Å². The van der Waals surface area contributed by atoms with Crippen molar-refractivity contribution in [1.82, 2.24) is 15.1 Å². The molecule has 108 valence electrons. The van der Waals surface area contributed by atoms with Gasteiger partial charge in [0, 0.05) is 24.4 Å². The van der Waals surface area contributed by atoms with Crippen LogP contribution in [0.1, 0.15) is 36.2 Å². The number of halogens is 2. The number of nitrogens with one attached hydrogen (secondary N) is 1. The van der Waals surface area contributed by atoms with Gasteiger partial charge in [0.1, 0.15) is 0 Å². The summed E-state index contributed by atoms with van der Waals surface area (Å²) in [4.78, 5) is 0. The maximum absolute atomic E-state index is 14.1. The van der Waals surface area contributed by atoms with E-state index in [4.69, 9.17) is 0 Å². The summed E-state index contributed by atoms with van der Waals surface area (Å²) in [5.74, 6) is -1.63. The Morgan fingerprint density at radius 2 is 2.05 bits per heavy atom. The highest BCUT2D eigenvalue weighted by Crippen LogP contribution is 2.27. The van der Waals surface area contributed by atoms with Gasteiger partial charge in [0.05, 0.1) is 11.7 Å². The predicted octanol–water partition coefficient (Wildman–Crippen LogP) is 3.10. The molecule has 2 rings (SSSR count). The van der Waals surface area contributed by atoms with E-state index in [1.165, 1.54) is 6.07 Å². The topological polar surface area (TPSA) is 29.9 Å². The molecule has 20 heavy (non-hydrogen) atoms. The maximum atomic E-state index is 14.1. The highest BCUT2D eigenvalue weighted by molar-refractivity contribution is 5.34. The highest BCUT2D eigenvalue weighted by atomic mass is 19.2. The van der Waals surface area contributed by atoms with Gasteiger partial charge in [-0.25, -0.2) is 8.78 Å². The van der Waals surface area contributed by atoms with Gasteiger partial charge in [0.2, 0.25) is 0 Å². The van der Waals surface area contributed by atoms with E-state index in [1.807, 2.05) is 27.1 Å². The van der Waals surface area contributed by atoms with Crippen LogP contribution in [0.15, 0.2) is 24.4 Å². The third kappa shape index (κ3) is 2.88. The van der Waals surface area contributed by atoms with E-state index < -0.39 is 11.6 Å². The number of hydrogen-bond donors (Lipinski definition) is 1. The number of rotatable bonds is 5. The molecule has 0 aliphatic rings. The summed E-state index contributed by atoms with van der Waals surface area (Å²) in [7, 11) is 1.81. The zero-order valence-electron chi connectivity index (χ0n) is 12.0. The molecule has 5 heteroatoms. The zero-order chi connectivity index (χ0) is 14.7. The van der Waals surface area contributed by atoms with Gasteiger partial charge in [-0.3, -0.25) is 4.68 Å². The lowest BCUT2D eigenvalue weighted by Crippen LogP contribution is -2.24. The van der Waals surface area contributed by atoms with Gasteiger partial charge in [-0.15, -0.1) is 0 Å². The van der Waals surface area contributed by atoms with Gasteiger partial charge >= 0.3 is 0 Å². The second-order valence-corrected chi connectivity index (χ2v) is 4.87. The van der Waals surface area contributed by atoms with Crippen molar-refractivity contribution in [2.24, 2.45) is 7.05 Å². The van der Waals surface area contributed by atoms with E-state index in [2.05, 4.69) is 10.4 Å². The number of hydrogen-bond acceptors (Lipinski definition) is 2. The van der Waals surface area contributed by atoms with Crippen LogP contribution in [-0.2, 0) is 7.05 Å². The highest BCUT2D eigenvalue weighted by Gasteiger charge is 2.22. The monoisotopic (exact) mass is 279 g/mol. The van der Waals surface area contributed by atoms with Crippen molar-refractivity contribution in [2.75, 3.05) is 6.54 Å². The summed E-state index contributed by atoms with van der Waals surface area (Å²) in [6, 6.07) is 3.88. The molecule has 0 spiro atoms. The average molecular weight is 279 g/mol. The van der Waals surface area contributed by atoms with Gasteiger partial charge < -0.3 is 5.32 Å². The van der Waals surface area contributed by atoms with Crippen LogP contribution in [0, 0.1) is 18.6 Å². The van der Waals surface area contributed by atoms with Gasteiger partial charge in [0.15, 0.2) is 11.6 Å². The number of aryl methyl sites for hydroxylation is 2. The van der Waals surface area contributed by atoms with Crippen LogP contribution in [0.4, 0.5) is 8.78 Å². The van der Waals surface area contributed by atoms with Crippen LogP contribution in [0.3, 0.4) is 0 Å². The molecule has 0 saturated carbocycles. The minimum absolute atomic E-state index is 0.314. The Labute approximate surface area is 117 Å². The van der Waals surface area contributed by atoms with Crippen molar-refractivity contribution >= 4 is 0 Å². The van der Waals surface area contributed by atoms with Crippen molar-refractivity contribution in [3.63, 3.8) is 0 Å². The average Bonchev–Trinajstić information content (AvgIpc) is 2.74. The summed E-state index contributed by atoms with van der Waals surface area (Å²) < 4.78 is 29.2. The first kappa shape index (κ1) is 14.7. The molecule has 1 N–H and O–H groups in total. The van der Waals surface area contributed by atoms with Gasteiger partial charge in [-0.1, -0.05) is 19.1 Å². The van der Waals surface area contributed by atoms with E-state index in [-0.39, 0.29) is 6.04 Å². The van der Waals surface area contributed by atoms with Crippen molar-refractivity contribution in [1.29, 1.82) is 0 Å².